The lowest BCUT2D eigenvalue weighted by Crippen LogP contribution is -2.06. The van der Waals surface area contributed by atoms with E-state index in [9.17, 15) is 23.7 Å². The van der Waals surface area contributed by atoms with Crippen molar-refractivity contribution in [2.45, 2.75) is 0 Å². The highest BCUT2D eigenvalue weighted by Crippen LogP contribution is 2.26. The van der Waals surface area contributed by atoms with Crippen LogP contribution in [0.2, 0.25) is 0 Å². The Kier molecular flexibility index (Phi) is 2.91. The Morgan fingerprint density at radius 2 is 2.11 bits per heavy atom. The van der Waals surface area contributed by atoms with Crippen LogP contribution in [0.25, 0.3) is 5.69 Å². The van der Waals surface area contributed by atoms with Crippen molar-refractivity contribution in [3.63, 3.8) is 0 Å². The maximum Gasteiger partial charge on any atom is 0.358 e. The van der Waals surface area contributed by atoms with Gasteiger partial charge in [-0.2, -0.15) is 0 Å². The number of nitro groups is 1. The topological polar surface area (TPSA) is 111 Å². The Labute approximate surface area is 103 Å². The zero-order chi connectivity index (χ0) is 14.2. The van der Waals surface area contributed by atoms with Crippen LogP contribution in [0.5, 0.6) is 0 Å². The fourth-order valence-corrected chi connectivity index (χ4v) is 1.37. The third-order valence-electron chi connectivity index (χ3n) is 2.19. The second-order valence-corrected chi connectivity index (χ2v) is 3.34. The van der Waals surface area contributed by atoms with Gasteiger partial charge in [-0.25, -0.2) is 18.3 Å². The Bertz CT molecular complexity index is 685. The molecule has 0 spiro atoms. The van der Waals surface area contributed by atoms with Crippen LogP contribution in [0.1, 0.15) is 10.5 Å². The van der Waals surface area contributed by atoms with Gasteiger partial charge in [0.15, 0.2) is 23.0 Å². The first-order valence-electron chi connectivity index (χ1n) is 4.70. The maximum absolute atomic E-state index is 13.6. The van der Waals surface area contributed by atoms with Gasteiger partial charge >= 0.3 is 5.97 Å². The normalized spacial score (nSPS) is 10.4. The summed E-state index contributed by atoms with van der Waals surface area (Å²) < 4.78 is 27.2. The number of carbonyl (C=O) groups is 1. The molecule has 0 atom stereocenters. The molecule has 0 bridgehead atoms. The number of nitro benzene ring substituents is 1. The van der Waals surface area contributed by atoms with Gasteiger partial charge in [0, 0.05) is 6.07 Å². The summed E-state index contributed by atoms with van der Waals surface area (Å²) in [7, 11) is 0. The summed E-state index contributed by atoms with van der Waals surface area (Å²) in [5.41, 5.74) is -2.14. The molecule has 0 fully saturated rings. The molecule has 0 aliphatic rings. The van der Waals surface area contributed by atoms with Gasteiger partial charge in [0.25, 0.3) is 5.69 Å². The quantitative estimate of drug-likeness (QED) is 0.661. The Morgan fingerprint density at radius 1 is 1.42 bits per heavy atom. The van der Waals surface area contributed by atoms with E-state index >= 15 is 0 Å². The molecule has 0 aliphatic carbocycles. The van der Waals surface area contributed by atoms with Crippen LogP contribution in [0.15, 0.2) is 18.3 Å². The molecular formula is C9H4F2N4O4. The van der Waals surface area contributed by atoms with E-state index in [1.807, 2.05) is 0 Å². The van der Waals surface area contributed by atoms with E-state index in [0.717, 1.165) is 12.3 Å². The maximum atomic E-state index is 13.6. The number of aromatic nitrogens is 3. The first kappa shape index (κ1) is 12.5. The molecule has 8 nitrogen and oxygen atoms in total. The van der Waals surface area contributed by atoms with Crippen molar-refractivity contribution in [1.82, 2.24) is 15.0 Å². The minimum absolute atomic E-state index is 0.500. The molecule has 2 aromatic rings. The predicted molar refractivity (Wildman–Crippen MR) is 54.9 cm³/mol. The van der Waals surface area contributed by atoms with Crippen molar-refractivity contribution >= 4 is 11.7 Å². The number of hydrogen-bond acceptors (Lipinski definition) is 5. The van der Waals surface area contributed by atoms with E-state index in [1.165, 1.54) is 0 Å². The molecular weight excluding hydrogens is 266 g/mol. The molecule has 0 amide bonds. The van der Waals surface area contributed by atoms with E-state index in [2.05, 4.69) is 10.3 Å². The van der Waals surface area contributed by atoms with Crippen LogP contribution in [-0.4, -0.2) is 31.0 Å². The van der Waals surface area contributed by atoms with E-state index < -0.39 is 39.6 Å². The summed E-state index contributed by atoms with van der Waals surface area (Å²) in [6.45, 7) is 0. The van der Waals surface area contributed by atoms with Gasteiger partial charge in [-0.1, -0.05) is 5.21 Å². The molecule has 0 radical (unpaired) electrons. The molecule has 2 rings (SSSR count). The second-order valence-electron chi connectivity index (χ2n) is 3.34. The fraction of sp³-hybridized carbons (Fsp3) is 0. The van der Waals surface area contributed by atoms with Crippen molar-refractivity contribution in [3.05, 3.63) is 45.8 Å². The van der Waals surface area contributed by atoms with Gasteiger partial charge in [0.2, 0.25) is 0 Å². The molecule has 1 N–H and O–H groups in total. The van der Waals surface area contributed by atoms with Gasteiger partial charge < -0.3 is 5.11 Å². The minimum Gasteiger partial charge on any atom is -0.476 e. The molecule has 0 aliphatic heterocycles. The van der Waals surface area contributed by atoms with E-state index in [4.69, 9.17) is 5.11 Å². The molecule has 0 unspecified atom stereocenters. The average molecular weight is 270 g/mol. The van der Waals surface area contributed by atoms with E-state index in [0.29, 0.717) is 10.7 Å². The summed E-state index contributed by atoms with van der Waals surface area (Å²) in [5, 5.41) is 25.8. The molecule has 0 saturated heterocycles. The number of carboxylic acid groups (broad SMARTS) is 1. The van der Waals surface area contributed by atoms with Gasteiger partial charge in [0.05, 0.1) is 11.1 Å². The van der Waals surface area contributed by atoms with Gasteiger partial charge in [-0.15, -0.1) is 5.10 Å². The van der Waals surface area contributed by atoms with Crippen molar-refractivity contribution < 1.29 is 23.6 Å². The smallest absolute Gasteiger partial charge is 0.358 e. The van der Waals surface area contributed by atoms with Crippen molar-refractivity contribution in [2.75, 3.05) is 0 Å². The van der Waals surface area contributed by atoms with Crippen LogP contribution < -0.4 is 0 Å². The highest BCUT2D eigenvalue weighted by Gasteiger charge is 2.25. The third kappa shape index (κ3) is 2.10. The van der Waals surface area contributed by atoms with Gasteiger partial charge in [-0.3, -0.25) is 10.1 Å². The molecule has 1 aromatic carbocycles. The number of aromatic carboxylic acids is 1. The number of hydrogen-bond donors (Lipinski definition) is 1. The van der Waals surface area contributed by atoms with Crippen LogP contribution >= 0.6 is 0 Å². The first-order valence-corrected chi connectivity index (χ1v) is 4.70. The summed E-state index contributed by atoms with van der Waals surface area (Å²) in [6.07, 6.45) is 0.743. The van der Waals surface area contributed by atoms with Crippen LogP contribution in [-0.2, 0) is 0 Å². The number of carboxylic acids is 1. The monoisotopic (exact) mass is 270 g/mol. The molecule has 10 heteroatoms. The summed E-state index contributed by atoms with van der Waals surface area (Å²) in [6, 6.07) is 1.34. The summed E-state index contributed by atoms with van der Waals surface area (Å²) in [5.74, 6) is -4.30. The Hall–Kier alpha value is -2.91. The lowest BCUT2D eigenvalue weighted by atomic mass is 10.2. The zero-order valence-corrected chi connectivity index (χ0v) is 8.95. The molecule has 0 saturated carbocycles. The van der Waals surface area contributed by atoms with Crippen LogP contribution in [0.3, 0.4) is 0 Å². The number of halogens is 2. The highest BCUT2D eigenvalue weighted by atomic mass is 19.2. The van der Waals surface area contributed by atoms with E-state index in [1.54, 1.807) is 0 Å². The summed E-state index contributed by atoms with van der Waals surface area (Å²) in [4.78, 5) is 20.4. The van der Waals surface area contributed by atoms with Gasteiger partial charge in [0.1, 0.15) is 0 Å². The SMILES string of the molecule is O=C(O)c1cn(-c2c([N+](=O)[O-])ccc(F)c2F)nn1. The van der Waals surface area contributed by atoms with Crippen LogP contribution in [0.4, 0.5) is 14.5 Å². The third-order valence-corrected chi connectivity index (χ3v) is 2.19. The Balaban J connectivity index is 2.68. The number of nitrogens with zero attached hydrogens (tertiary/aromatic N) is 4. The predicted octanol–water partition coefficient (Wildman–Crippen LogP) is 1.15. The number of rotatable bonds is 3. The lowest BCUT2D eigenvalue weighted by Gasteiger charge is -2.03. The molecule has 98 valence electrons. The van der Waals surface area contributed by atoms with Crippen LogP contribution in [0, 0.1) is 21.7 Å². The minimum atomic E-state index is -1.52. The highest BCUT2D eigenvalue weighted by molar-refractivity contribution is 5.84. The zero-order valence-electron chi connectivity index (χ0n) is 8.95. The largest absolute Gasteiger partial charge is 0.476 e. The fourth-order valence-electron chi connectivity index (χ4n) is 1.37. The molecule has 1 aromatic heterocycles. The van der Waals surface area contributed by atoms with Crippen molar-refractivity contribution in [2.24, 2.45) is 0 Å². The second kappa shape index (κ2) is 4.40. The lowest BCUT2D eigenvalue weighted by molar-refractivity contribution is -0.384. The van der Waals surface area contributed by atoms with Crippen molar-refractivity contribution in [1.29, 1.82) is 0 Å². The standard InChI is InChI=1S/C9H4F2N4O4/c10-4-1-2-6(15(18)19)8(7(4)11)14-3-5(9(16)17)12-13-14/h1-3H,(H,16,17). The van der Waals surface area contributed by atoms with E-state index in [-0.39, 0.29) is 0 Å². The first-order chi connectivity index (χ1) is 8.91. The number of benzene rings is 1. The molecule has 19 heavy (non-hydrogen) atoms. The van der Waals surface area contributed by atoms with Crippen molar-refractivity contribution in [3.8, 4) is 5.69 Å². The summed E-state index contributed by atoms with van der Waals surface area (Å²) >= 11 is 0. The Morgan fingerprint density at radius 3 is 2.63 bits per heavy atom. The van der Waals surface area contributed by atoms with Gasteiger partial charge in [-0.05, 0) is 6.07 Å². The molecule has 1 heterocycles. The average Bonchev–Trinajstić information content (AvgIpc) is 2.81.